The molecule has 2 rings (SSSR count). The van der Waals surface area contributed by atoms with E-state index in [1.54, 1.807) is 41.6 Å². The minimum Gasteiger partial charge on any atom is -0.359 e. The molecule has 0 unspecified atom stereocenters. The van der Waals surface area contributed by atoms with Crippen LogP contribution in [-0.4, -0.2) is 20.3 Å². The number of H-pyrrole nitrogens is 1. The first kappa shape index (κ1) is 7.79. The number of imidazole rings is 1. The summed E-state index contributed by atoms with van der Waals surface area (Å²) in [5.74, 6) is 0.0583. The third-order valence-electron chi connectivity index (χ3n) is 1.78. The summed E-state index contributed by atoms with van der Waals surface area (Å²) in [5, 5.41) is 0. The van der Waals surface area contributed by atoms with Crippen molar-refractivity contribution in [2.45, 2.75) is 6.54 Å². The fourth-order valence-corrected chi connectivity index (χ4v) is 1.14. The third kappa shape index (κ3) is 1.66. The van der Waals surface area contributed by atoms with Crippen LogP contribution in [0.1, 0.15) is 10.5 Å². The van der Waals surface area contributed by atoms with E-state index in [1.165, 1.54) is 0 Å². The number of Topliss-reactive ketones (excluding diaryl/α,β-unsaturated/α-hetero) is 1. The molecule has 0 spiro atoms. The van der Waals surface area contributed by atoms with E-state index >= 15 is 0 Å². The lowest BCUT2D eigenvalue weighted by Gasteiger charge is -1.98. The van der Waals surface area contributed by atoms with Gasteiger partial charge in [0.1, 0.15) is 0 Å². The van der Waals surface area contributed by atoms with Crippen LogP contribution in [0.15, 0.2) is 37.1 Å². The van der Waals surface area contributed by atoms with E-state index in [0.717, 1.165) is 0 Å². The third-order valence-corrected chi connectivity index (χ3v) is 1.78. The SMILES string of the molecule is O=C(Cn1ccnc1)c1ccc[nH]1. The first-order valence-corrected chi connectivity index (χ1v) is 3.98. The van der Waals surface area contributed by atoms with Gasteiger partial charge in [-0.2, -0.15) is 0 Å². The Kier molecular flexibility index (Phi) is 1.96. The zero-order valence-electron chi connectivity index (χ0n) is 6.97. The van der Waals surface area contributed by atoms with Crippen LogP contribution in [0.25, 0.3) is 0 Å². The fourth-order valence-electron chi connectivity index (χ4n) is 1.14. The fraction of sp³-hybridized carbons (Fsp3) is 0.111. The van der Waals surface area contributed by atoms with Gasteiger partial charge in [-0.05, 0) is 12.1 Å². The quantitative estimate of drug-likeness (QED) is 0.710. The van der Waals surface area contributed by atoms with Gasteiger partial charge in [0.2, 0.25) is 0 Å². The summed E-state index contributed by atoms with van der Waals surface area (Å²) in [4.78, 5) is 18.2. The van der Waals surface area contributed by atoms with E-state index in [2.05, 4.69) is 9.97 Å². The molecule has 0 aliphatic heterocycles. The van der Waals surface area contributed by atoms with Crippen molar-refractivity contribution in [2.75, 3.05) is 0 Å². The molecule has 2 aromatic rings. The van der Waals surface area contributed by atoms with Crippen molar-refractivity contribution in [3.05, 3.63) is 42.7 Å². The molecule has 13 heavy (non-hydrogen) atoms. The monoisotopic (exact) mass is 175 g/mol. The predicted molar refractivity (Wildman–Crippen MR) is 47.4 cm³/mol. The average molecular weight is 175 g/mol. The Bertz CT molecular complexity index is 375. The van der Waals surface area contributed by atoms with Crippen LogP contribution in [0.4, 0.5) is 0 Å². The molecule has 0 fully saturated rings. The van der Waals surface area contributed by atoms with Gasteiger partial charge in [0.15, 0.2) is 5.78 Å². The van der Waals surface area contributed by atoms with Crippen molar-refractivity contribution < 1.29 is 4.79 Å². The molecule has 4 heteroatoms. The number of nitrogens with zero attached hydrogens (tertiary/aromatic N) is 2. The second-order valence-electron chi connectivity index (χ2n) is 2.74. The molecule has 0 amide bonds. The molecule has 0 saturated carbocycles. The van der Waals surface area contributed by atoms with Crippen LogP contribution >= 0.6 is 0 Å². The van der Waals surface area contributed by atoms with Crippen LogP contribution in [0.3, 0.4) is 0 Å². The molecule has 2 aromatic heterocycles. The van der Waals surface area contributed by atoms with Gasteiger partial charge in [-0.3, -0.25) is 4.79 Å². The van der Waals surface area contributed by atoms with Gasteiger partial charge in [-0.15, -0.1) is 0 Å². The number of aromatic amines is 1. The number of carbonyl (C=O) groups is 1. The molecule has 2 heterocycles. The number of nitrogens with one attached hydrogen (secondary N) is 1. The summed E-state index contributed by atoms with van der Waals surface area (Å²) in [6, 6.07) is 3.57. The van der Waals surface area contributed by atoms with Gasteiger partial charge in [0.05, 0.1) is 18.6 Å². The Balaban J connectivity index is 2.08. The molecule has 66 valence electrons. The maximum atomic E-state index is 11.5. The molecule has 0 aliphatic rings. The zero-order valence-corrected chi connectivity index (χ0v) is 6.97. The Morgan fingerprint density at radius 1 is 1.62 bits per heavy atom. The molecule has 0 radical (unpaired) electrons. The van der Waals surface area contributed by atoms with Crippen molar-refractivity contribution >= 4 is 5.78 Å². The molecule has 1 N–H and O–H groups in total. The number of aromatic nitrogens is 3. The van der Waals surface area contributed by atoms with Crippen molar-refractivity contribution in [2.24, 2.45) is 0 Å². The van der Waals surface area contributed by atoms with Crippen LogP contribution < -0.4 is 0 Å². The van der Waals surface area contributed by atoms with Gasteiger partial charge in [-0.1, -0.05) is 0 Å². The van der Waals surface area contributed by atoms with E-state index in [4.69, 9.17) is 0 Å². The van der Waals surface area contributed by atoms with Gasteiger partial charge < -0.3 is 9.55 Å². The lowest BCUT2D eigenvalue weighted by Crippen LogP contribution is -2.08. The smallest absolute Gasteiger partial charge is 0.198 e. The first-order valence-electron chi connectivity index (χ1n) is 3.98. The van der Waals surface area contributed by atoms with Crippen molar-refractivity contribution in [1.82, 2.24) is 14.5 Å². The molecule has 0 atom stereocenters. The lowest BCUT2D eigenvalue weighted by molar-refractivity contribution is 0.0968. The maximum Gasteiger partial charge on any atom is 0.198 e. The standard InChI is InChI=1S/C9H9N3O/c13-9(8-2-1-3-11-8)6-12-5-4-10-7-12/h1-5,7,11H,6H2. The minimum atomic E-state index is 0.0583. The van der Waals surface area contributed by atoms with Gasteiger partial charge >= 0.3 is 0 Å². The molecular formula is C9H9N3O. The molecule has 0 aromatic carbocycles. The summed E-state index contributed by atoms with van der Waals surface area (Å²) in [6.07, 6.45) is 6.78. The maximum absolute atomic E-state index is 11.5. The number of ketones is 1. The normalized spacial score (nSPS) is 10.2. The summed E-state index contributed by atoms with van der Waals surface area (Å²) in [5.41, 5.74) is 0.633. The summed E-state index contributed by atoms with van der Waals surface area (Å²) in [7, 11) is 0. The van der Waals surface area contributed by atoms with E-state index in [0.29, 0.717) is 12.2 Å². The largest absolute Gasteiger partial charge is 0.359 e. The van der Waals surface area contributed by atoms with Crippen molar-refractivity contribution in [1.29, 1.82) is 0 Å². The van der Waals surface area contributed by atoms with Gasteiger partial charge in [0.25, 0.3) is 0 Å². The molecule has 0 aliphatic carbocycles. The van der Waals surface area contributed by atoms with E-state index in [-0.39, 0.29) is 5.78 Å². The summed E-state index contributed by atoms with van der Waals surface area (Å²) >= 11 is 0. The highest BCUT2D eigenvalue weighted by molar-refractivity contribution is 5.94. The molecular weight excluding hydrogens is 166 g/mol. The zero-order chi connectivity index (χ0) is 9.10. The highest BCUT2D eigenvalue weighted by atomic mass is 16.1. The second-order valence-corrected chi connectivity index (χ2v) is 2.74. The number of hydrogen-bond donors (Lipinski definition) is 1. The van der Waals surface area contributed by atoms with Crippen molar-refractivity contribution in [3.8, 4) is 0 Å². The van der Waals surface area contributed by atoms with Crippen LogP contribution in [-0.2, 0) is 6.54 Å². The Labute approximate surface area is 75.2 Å². The number of rotatable bonds is 3. The average Bonchev–Trinajstić information content (AvgIpc) is 2.74. The highest BCUT2D eigenvalue weighted by Gasteiger charge is 2.05. The minimum absolute atomic E-state index is 0.0583. The first-order chi connectivity index (χ1) is 6.36. The van der Waals surface area contributed by atoms with Gasteiger partial charge in [0, 0.05) is 18.6 Å². The Hall–Kier alpha value is -1.84. The van der Waals surface area contributed by atoms with Crippen LogP contribution in [0, 0.1) is 0 Å². The molecule has 0 bridgehead atoms. The summed E-state index contributed by atoms with van der Waals surface area (Å²) in [6.45, 7) is 0.334. The molecule has 0 saturated heterocycles. The van der Waals surface area contributed by atoms with E-state index in [9.17, 15) is 4.79 Å². The van der Waals surface area contributed by atoms with Crippen LogP contribution in [0.2, 0.25) is 0 Å². The predicted octanol–water partition coefficient (Wildman–Crippen LogP) is 1.09. The second kappa shape index (κ2) is 3.26. The van der Waals surface area contributed by atoms with Crippen LogP contribution in [0.5, 0.6) is 0 Å². The highest BCUT2D eigenvalue weighted by Crippen LogP contribution is 1.98. The lowest BCUT2D eigenvalue weighted by atomic mass is 10.3. The summed E-state index contributed by atoms with van der Waals surface area (Å²) < 4.78 is 1.74. The Morgan fingerprint density at radius 3 is 3.15 bits per heavy atom. The topological polar surface area (TPSA) is 50.7 Å². The number of carbonyl (C=O) groups excluding carboxylic acids is 1. The Morgan fingerprint density at radius 2 is 2.54 bits per heavy atom. The van der Waals surface area contributed by atoms with Gasteiger partial charge in [-0.25, -0.2) is 4.98 Å². The van der Waals surface area contributed by atoms with E-state index < -0.39 is 0 Å². The number of hydrogen-bond acceptors (Lipinski definition) is 2. The van der Waals surface area contributed by atoms with E-state index in [1.807, 2.05) is 0 Å². The van der Waals surface area contributed by atoms with Crippen molar-refractivity contribution in [3.63, 3.8) is 0 Å². The molecule has 4 nitrogen and oxygen atoms in total.